The Morgan fingerprint density at radius 2 is 2.06 bits per heavy atom. The van der Waals surface area contributed by atoms with Crippen molar-refractivity contribution in [3.8, 4) is 0 Å². The number of sulfonamides is 1. The van der Waals surface area contributed by atoms with E-state index in [4.69, 9.17) is 4.74 Å². The van der Waals surface area contributed by atoms with Crippen molar-refractivity contribution in [2.75, 3.05) is 12.9 Å². The number of ether oxygens (including phenoxy) is 1. The van der Waals surface area contributed by atoms with Gasteiger partial charge in [-0.3, -0.25) is 4.79 Å². The summed E-state index contributed by atoms with van der Waals surface area (Å²) in [5.74, 6) is 0.0193. The lowest BCUT2D eigenvalue weighted by Crippen LogP contribution is -2.70. The number of hydrogen-bond acceptors (Lipinski definition) is 4. The standard InChI is InChI=1S/C9H16N2O4S/c1-5(12)10-8-7(11-16(2,13)14)6-3-4-15-9(6)8/h6-9,11H,3-4H2,1-2H3,(H,10,12)/t6-,7+,8-,9-/m1/s1. The molecule has 1 amide bonds. The van der Waals surface area contributed by atoms with Crippen LogP contribution in [-0.2, 0) is 19.6 Å². The molecule has 16 heavy (non-hydrogen) atoms. The van der Waals surface area contributed by atoms with E-state index in [2.05, 4.69) is 10.0 Å². The molecule has 2 fully saturated rings. The largest absolute Gasteiger partial charge is 0.376 e. The first-order chi connectivity index (χ1) is 7.38. The van der Waals surface area contributed by atoms with Gasteiger partial charge in [-0.2, -0.15) is 0 Å². The summed E-state index contributed by atoms with van der Waals surface area (Å²) in [5.41, 5.74) is 0. The molecule has 1 aliphatic carbocycles. The number of nitrogens with one attached hydrogen (secondary N) is 2. The quantitative estimate of drug-likeness (QED) is 0.659. The molecule has 1 saturated heterocycles. The van der Waals surface area contributed by atoms with Crippen molar-refractivity contribution >= 4 is 15.9 Å². The van der Waals surface area contributed by atoms with Gasteiger partial charge in [0, 0.05) is 25.5 Å². The minimum Gasteiger partial charge on any atom is -0.376 e. The molecule has 0 radical (unpaired) electrons. The van der Waals surface area contributed by atoms with Crippen molar-refractivity contribution in [2.24, 2.45) is 5.92 Å². The molecule has 4 atom stereocenters. The maximum absolute atomic E-state index is 11.2. The smallest absolute Gasteiger partial charge is 0.217 e. The maximum atomic E-state index is 11.2. The second-order valence-corrected chi connectivity index (χ2v) is 6.21. The van der Waals surface area contributed by atoms with Crippen LogP contribution in [0.3, 0.4) is 0 Å². The number of amides is 1. The molecule has 7 heteroatoms. The van der Waals surface area contributed by atoms with E-state index in [-0.39, 0.29) is 30.0 Å². The molecule has 92 valence electrons. The molecule has 0 aromatic heterocycles. The predicted molar refractivity (Wildman–Crippen MR) is 57.2 cm³/mol. The summed E-state index contributed by atoms with van der Waals surface area (Å²) in [6.45, 7) is 2.05. The highest BCUT2D eigenvalue weighted by molar-refractivity contribution is 7.88. The van der Waals surface area contributed by atoms with Crippen LogP contribution in [0.15, 0.2) is 0 Å². The van der Waals surface area contributed by atoms with Gasteiger partial charge in [-0.05, 0) is 6.42 Å². The number of hydrogen-bond donors (Lipinski definition) is 2. The minimum atomic E-state index is -3.25. The molecule has 2 N–H and O–H groups in total. The Bertz CT molecular complexity index is 394. The van der Waals surface area contributed by atoms with Gasteiger partial charge in [0.25, 0.3) is 0 Å². The van der Waals surface area contributed by atoms with Crippen molar-refractivity contribution < 1.29 is 17.9 Å². The van der Waals surface area contributed by atoms with E-state index in [1.807, 2.05) is 0 Å². The normalized spacial score (nSPS) is 37.6. The predicted octanol–water partition coefficient (Wildman–Crippen LogP) is -1.17. The van der Waals surface area contributed by atoms with Crippen molar-refractivity contribution in [3.63, 3.8) is 0 Å². The number of carbonyl (C=O) groups excluding carboxylic acids is 1. The number of fused-ring (bicyclic) bond motifs is 1. The summed E-state index contributed by atoms with van der Waals surface area (Å²) < 4.78 is 30.4. The first-order valence-electron chi connectivity index (χ1n) is 5.24. The van der Waals surface area contributed by atoms with Gasteiger partial charge in [0.2, 0.25) is 15.9 Å². The highest BCUT2D eigenvalue weighted by Gasteiger charge is 2.55. The van der Waals surface area contributed by atoms with Crippen LogP contribution in [-0.4, -0.2) is 45.4 Å². The Labute approximate surface area is 94.8 Å². The Hall–Kier alpha value is -0.660. The monoisotopic (exact) mass is 248 g/mol. The zero-order valence-corrected chi connectivity index (χ0v) is 10.1. The Morgan fingerprint density at radius 3 is 2.62 bits per heavy atom. The van der Waals surface area contributed by atoms with Gasteiger partial charge in [-0.25, -0.2) is 13.1 Å². The van der Waals surface area contributed by atoms with E-state index in [1.54, 1.807) is 0 Å². The lowest BCUT2D eigenvalue weighted by atomic mass is 9.72. The molecular weight excluding hydrogens is 232 g/mol. The summed E-state index contributed by atoms with van der Waals surface area (Å²) in [7, 11) is -3.25. The van der Waals surface area contributed by atoms with Crippen LogP contribution in [0.2, 0.25) is 0 Å². The van der Waals surface area contributed by atoms with E-state index in [0.717, 1.165) is 12.7 Å². The molecule has 0 unspecified atom stereocenters. The minimum absolute atomic E-state index is 0.0388. The lowest BCUT2D eigenvalue weighted by molar-refractivity contribution is -0.123. The fourth-order valence-corrected chi connectivity index (χ4v) is 3.34. The third-order valence-corrected chi connectivity index (χ3v) is 3.81. The van der Waals surface area contributed by atoms with Crippen LogP contribution >= 0.6 is 0 Å². The highest BCUT2D eigenvalue weighted by Crippen LogP contribution is 2.39. The molecule has 0 aromatic carbocycles. The lowest BCUT2D eigenvalue weighted by Gasteiger charge is -2.47. The zero-order valence-electron chi connectivity index (χ0n) is 9.26. The third-order valence-electron chi connectivity index (χ3n) is 3.11. The van der Waals surface area contributed by atoms with Crippen LogP contribution in [0.1, 0.15) is 13.3 Å². The molecule has 1 aliphatic heterocycles. The molecule has 0 aromatic rings. The summed E-state index contributed by atoms with van der Waals surface area (Å²) in [5, 5.41) is 2.73. The third kappa shape index (κ3) is 2.21. The molecule has 0 spiro atoms. The molecule has 1 saturated carbocycles. The van der Waals surface area contributed by atoms with E-state index >= 15 is 0 Å². The molecular formula is C9H16N2O4S. The number of carbonyl (C=O) groups is 1. The summed E-state index contributed by atoms with van der Waals surface area (Å²) >= 11 is 0. The second kappa shape index (κ2) is 3.97. The van der Waals surface area contributed by atoms with Gasteiger partial charge in [0.05, 0.1) is 18.4 Å². The van der Waals surface area contributed by atoms with E-state index in [1.165, 1.54) is 6.92 Å². The van der Waals surface area contributed by atoms with Gasteiger partial charge < -0.3 is 10.1 Å². The van der Waals surface area contributed by atoms with Crippen LogP contribution in [0.5, 0.6) is 0 Å². The Kier molecular flexibility index (Phi) is 2.93. The van der Waals surface area contributed by atoms with E-state index in [0.29, 0.717) is 6.61 Å². The highest BCUT2D eigenvalue weighted by atomic mass is 32.2. The van der Waals surface area contributed by atoms with Gasteiger partial charge >= 0.3 is 0 Å². The average molecular weight is 248 g/mol. The number of rotatable bonds is 3. The maximum Gasteiger partial charge on any atom is 0.217 e. The SMILES string of the molecule is CC(=O)N[C@@H]1[C@@H](NS(C)(=O)=O)[C@H]2CCO[C@H]21. The van der Waals surface area contributed by atoms with Crippen LogP contribution in [0.25, 0.3) is 0 Å². The van der Waals surface area contributed by atoms with E-state index in [9.17, 15) is 13.2 Å². The summed E-state index contributed by atoms with van der Waals surface area (Å²) in [6, 6.07) is -0.467. The van der Waals surface area contributed by atoms with Gasteiger partial charge in [0.1, 0.15) is 0 Å². The van der Waals surface area contributed by atoms with Crippen molar-refractivity contribution in [3.05, 3.63) is 0 Å². The molecule has 6 nitrogen and oxygen atoms in total. The van der Waals surface area contributed by atoms with Gasteiger partial charge in [0.15, 0.2) is 0 Å². The zero-order chi connectivity index (χ0) is 11.9. The Morgan fingerprint density at radius 1 is 1.38 bits per heavy atom. The fraction of sp³-hybridized carbons (Fsp3) is 0.889. The summed E-state index contributed by atoms with van der Waals surface area (Å²) in [4.78, 5) is 11.0. The topological polar surface area (TPSA) is 84.5 Å². The fourth-order valence-electron chi connectivity index (χ4n) is 2.52. The molecule has 2 aliphatic rings. The molecule has 0 bridgehead atoms. The van der Waals surface area contributed by atoms with Gasteiger partial charge in [-0.1, -0.05) is 0 Å². The van der Waals surface area contributed by atoms with E-state index < -0.39 is 10.0 Å². The summed E-state index contributed by atoms with van der Waals surface area (Å²) in [6.07, 6.45) is 1.93. The molecule has 2 rings (SSSR count). The first kappa shape index (κ1) is 11.8. The Balaban J connectivity index is 2.06. The van der Waals surface area contributed by atoms with Crippen LogP contribution in [0.4, 0.5) is 0 Å². The van der Waals surface area contributed by atoms with Crippen molar-refractivity contribution in [1.29, 1.82) is 0 Å². The average Bonchev–Trinajstić information content (AvgIpc) is 2.54. The first-order valence-corrected chi connectivity index (χ1v) is 7.13. The van der Waals surface area contributed by atoms with Crippen LogP contribution < -0.4 is 10.0 Å². The van der Waals surface area contributed by atoms with Crippen LogP contribution in [0, 0.1) is 5.92 Å². The second-order valence-electron chi connectivity index (χ2n) is 4.43. The molecule has 1 heterocycles. The van der Waals surface area contributed by atoms with Crippen molar-refractivity contribution in [2.45, 2.75) is 31.5 Å². The van der Waals surface area contributed by atoms with Crippen molar-refractivity contribution in [1.82, 2.24) is 10.0 Å². The van der Waals surface area contributed by atoms with Gasteiger partial charge in [-0.15, -0.1) is 0 Å².